The number of H-pyrrole nitrogens is 1. The van der Waals surface area contributed by atoms with E-state index in [1.165, 1.54) is 23.8 Å². The average molecular weight is 263 g/mol. The summed E-state index contributed by atoms with van der Waals surface area (Å²) in [5.74, 6) is 0. The highest BCUT2D eigenvalue weighted by molar-refractivity contribution is 5.85. The van der Waals surface area contributed by atoms with Crippen LogP contribution in [0.1, 0.15) is 24.4 Å². The Kier molecular flexibility index (Phi) is 2.78. The first-order chi connectivity index (χ1) is 9.90. The smallest absolute Gasteiger partial charge is 0.0867 e. The first-order valence-corrected chi connectivity index (χ1v) is 7.18. The lowest BCUT2D eigenvalue weighted by Crippen LogP contribution is -2.12. The fourth-order valence-electron chi connectivity index (χ4n) is 2.99. The highest BCUT2D eigenvalue weighted by Gasteiger charge is 2.17. The average Bonchev–Trinajstić information content (AvgIpc) is 3.16. The van der Waals surface area contributed by atoms with E-state index in [2.05, 4.69) is 57.7 Å². The van der Waals surface area contributed by atoms with E-state index in [0.29, 0.717) is 6.04 Å². The second-order valence-electron chi connectivity index (χ2n) is 5.39. The van der Waals surface area contributed by atoms with Gasteiger partial charge in [-0.25, -0.2) is 0 Å². The Hall–Kier alpha value is -2.13. The van der Waals surface area contributed by atoms with E-state index in [-0.39, 0.29) is 0 Å². The van der Waals surface area contributed by atoms with Gasteiger partial charge in [0.05, 0.1) is 11.4 Å². The number of nitrogens with zero attached hydrogens (tertiary/aromatic N) is 1. The number of nitrogens with one attached hydrogen (secondary N) is 2. The molecule has 0 spiro atoms. The van der Waals surface area contributed by atoms with Crippen molar-refractivity contribution >= 4 is 10.9 Å². The Morgan fingerprint density at radius 2 is 2.05 bits per heavy atom. The van der Waals surface area contributed by atoms with Crippen molar-refractivity contribution in [3.05, 3.63) is 54.2 Å². The number of para-hydroxylation sites is 1. The molecule has 3 heteroatoms. The summed E-state index contributed by atoms with van der Waals surface area (Å²) in [4.78, 5) is 7.96. The molecule has 2 aromatic heterocycles. The van der Waals surface area contributed by atoms with Gasteiger partial charge in [0.25, 0.3) is 0 Å². The van der Waals surface area contributed by atoms with Crippen LogP contribution in [0.4, 0.5) is 0 Å². The first kappa shape index (κ1) is 11.7. The van der Waals surface area contributed by atoms with Gasteiger partial charge < -0.3 is 10.3 Å². The Balaban J connectivity index is 1.75. The minimum absolute atomic E-state index is 0.487. The molecule has 1 aliphatic heterocycles. The lowest BCUT2D eigenvalue weighted by Gasteiger charge is -2.11. The van der Waals surface area contributed by atoms with Gasteiger partial charge in [-0.2, -0.15) is 0 Å². The summed E-state index contributed by atoms with van der Waals surface area (Å²) in [6.07, 6.45) is 4.39. The highest BCUT2D eigenvalue weighted by Crippen LogP contribution is 2.27. The van der Waals surface area contributed by atoms with Crippen LogP contribution in [0.5, 0.6) is 0 Å². The molecule has 20 heavy (non-hydrogen) atoms. The lowest BCUT2D eigenvalue weighted by molar-refractivity contribution is 0.647. The van der Waals surface area contributed by atoms with Crippen LogP contribution in [-0.4, -0.2) is 16.5 Å². The van der Waals surface area contributed by atoms with Crippen LogP contribution in [0, 0.1) is 0 Å². The number of hydrogen-bond acceptors (Lipinski definition) is 2. The second kappa shape index (κ2) is 4.76. The van der Waals surface area contributed by atoms with E-state index in [1.54, 1.807) is 0 Å². The van der Waals surface area contributed by atoms with Crippen molar-refractivity contribution in [2.45, 2.75) is 18.9 Å². The number of benzene rings is 1. The van der Waals surface area contributed by atoms with Crippen LogP contribution in [0.15, 0.2) is 48.7 Å². The van der Waals surface area contributed by atoms with Gasteiger partial charge in [0, 0.05) is 23.1 Å². The van der Waals surface area contributed by atoms with E-state index >= 15 is 0 Å². The van der Waals surface area contributed by atoms with Crippen LogP contribution in [0.2, 0.25) is 0 Å². The van der Waals surface area contributed by atoms with Gasteiger partial charge in [0.2, 0.25) is 0 Å². The summed E-state index contributed by atoms with van der Waals surface area (Å²) >= 11 is 0. The number of hydrogen-bond donors (Lipinski definition) is 2. The van der Waals surface area contributed by atoms with E-state index in [1.807, 2.05) is 6.20 Å². The molecule has 1 aliphatic rings. The zero-order valence-electron chi connectivity index (χ0n) is 11.3. The highest BCUT2D eigenvalue weighted by atomic mass is 14.9. The summed E-state index contributed by atoms with van der Waals surface area (Å²) in [6, 6.07) is 15.3. The predicted octanol–water partition coefficient (Wildman–Crippen LogP) is 3.65. The van der Waals surface area contributed by atoms with Crippen LogP contribution in [0.3, 0.4) is 0 Å². The Morgan fingerprint density at radius 1 is 1.10 bits per heavy atom. The molecule has 2 N–H and O–H groups in total. The van der Waals surface area contributed by atoms with Crippen molar-refractivity contribution in [3.8, 4) is 11.4 Å². The third kappa shape index (κ3) is 2.00. The minimum atomic E-state index is 0.487. The molecule has 3 aromatic rings. The second-order valence-corrected chi connectivity index (χ2v) is 5.39. The molecule has 1 saturated heterocycles. The molecule has 100 valence electrons. The van der Waals surface area contributed by atoms with Crippen LogP contribution >= 0.6 is 0 Å². The lowest BCUT2D eigenvalue weighted by atomic mass is 10.1. The van der Waals surface area contributed by atoms with Crippen LogP contribution < -0.4 is 5.32 Å². The van der Waals surface area contributed by atoms with E-state index in [9.17, 15) is 0 Å². The molecule has 0 unspecified atom stereocenters. The molecular formula is C17H17N3. The van der Waals surface area contributed by atoms with Crippen LogP contribution in [-0.2, 0) is 0 Å². The molecule has 3 heterocycles. The number of aromatic nitrogens is 2. The summed E-state index contributed by atoms with van der Waals surface area (Å²) < 4.78 is 0. The van der Waals surface area contributed by atoms with E-state index in [0.717, 1.165) is 23.4 Å². The third-order valence-electron chi connectivity index (χ3n) is 4.05. The fraction of sp³-hybridized carbons (Fsp3) is 0.235. The van der Waals surface area contributed by atoms with Gasteiger partial charge in [0.15, 0.2) is 0 Å². The SMILES string of the molecule is c1ccc2[nH]c(-c3cc([C@@H]4CCCN4)ccn3)cc2c1. The summed E-state index contributed by atoms with van der Waals surface area (Å²) in [6.45, 7) is 1.12. The molecule has 0 aliphatic carbocycles. The van der Waals surface area contributed by atoms with Gasteiger partial charge in [0.1, 0.15) is 0 Å². The number of fused-ring (bicyclic) bond motifs is 1. The van der Waals surface area contributed by atoms with E-state index in [4.69, 9.17) is 0 Å². The molecule has 3 nitrogen and oxygen atoms in total. The van der Waals surface area contributed by atoms with Gasteiger partial charge in [-0.15, -0.1) is 0 Å². The van der Waals surface area contributed by atoms with Crippen LogP contribution in [0.25, 0.3) is 22.3 Å². The molecule has 0 bridgehead atoms. The molecular weight excluding hydrogens is 246 g/mol. The third-order valence-corrected chi connectivity index (χ3v) is 4.05. The van der Waals surface area contributed by atoms with Gasteiger partial charge in [-0.3, -0.25) is 4.98 Å². The Labute approximate surface area is 118 Å². The van der Waals surface area contributed by atoms with Crippen molar-refractivity contribution in [2.75, 3.05) is 6.54 Å². The normalized spacial score (nSPS) is 18.7. The minimum Gasteiger partial charge on any atom is -0.353 e. The maximum Gasteiger partial charge on any atom is 0.0867 e. The van der Waals surface area contributed by atoms with E-state index < -0.39 is 0 Å². The quantitative estimate of drug-likeness (QED) is 0.741. The fourth-order valence-corrected chi connectivity index (χ4v) is 2.99. The molecule has 0 amide bonds. The summed E-state index contributed by atoms with van der Waals surface area (Å²) in [7, 11) is 0. The summed E-state index contributed by atoms with van der Waals surface area (Å²) in [5, 5.41) is 4.77. The molecule has 0 radical (unpaired) electrons. The van der Waals surface area contributed by atoms with Crippen molar-refractivity contribution in [1.29, 1.82) is 0 Å². The number of pyridine rings is 1. The Bertz CT molecular complexity index is 706. The van der Waals surface area contributed by atoms with Crippen molar-refractivity contribution < 1.29 is 0 Å². The number of rotatable bonds is 2. The summed E-state index contributed by atoms with van der Waals surface area (Å²) in [5.41, 5.74) is 4.61. The molecule has 1 fully saturated rings. The predicted molar refractivity (Wildman–Crippen MR) is 81.5 cm³/mol. The number of aromatic amines is 1. The van der Waals surface area contributed by atoms with Gasteiger partial charge >= 0.3 is 0 Å². The van der Waals surface area contributed by atoms with Crippen molar-refractivity contribution in [1.82, 2.24) is 15.3 Å². The molecule has 4 rings (SSSR count). The monoisotopic (exact) mass is 263 g/mol. The standard InChI is InChI=1S/C17H17N3/c1-2-5-15-12(4-1)11-17(20-15)16-10-13(7-9-19-16)14-6-3-8-18-14/h1-2,4-5,7,9-11,14,18,20H,3,6,8H2/t14-/m0/s1. The zero-order chi connectivity index (χ0) is 13.4. The van der Waals surface area contributed by atoms with Gasteiger partial charge in [-0.1, -0.05) is 18.2 Å². The maximum atomic E-state index is 4.52. The van der Waals surface area contributed by atoms with Crippen molar-refractivity contribution in [2.24, 2.45) is 0 Å². The van der Waals surface area contributed by atoms with Gasteiger partial charge in [-0.05, 0) is 49.2 Å². The molecule has 1 aromatic carbocycles. The van der Waals surface area contributed by atoms with Crippen molar-refractivity contribution in [3.63, 3.8) is 0 Å². The maximum absolute atomic E-state index is 4.52. The molecule has 1 atom stereocenters. The Morgan fingerprint density at radius 3 is 2.90 bits per heavy atom. The topological polar surface area (TPSA) is 40.7 Å². The largest absolute Gasteiger partial charge is 0.353 e. The first-order valence-electron chi connectivity index (χ1n) is 7.18. The molecule has 0 saturated carbocycles. The zero-order valence-corrected chi connectivity index (χ0v) is 11.3.